The predicted molar refractivity (Wildman–Crippen MR) is 123 cm³/mol. The van der Waals surface area contributed by atoms with Crippen LogP contribution in [0.2, 0.25) is 0 Å². The molecule has 2 spiro atoms. The largest absolute Gasteiger partial charge is 0.453 e. The summed E-state index contributed by atoms with van der Waals surface area (Å²) in [6, 6.07) is 3.97. The van der Waals surface area contributed by atoms with Gasteiger partial charge in [-0.25, -0.2) is 27.3 Å². The first kappa shape index (κ1) is 24.6. The summed E-state index contributed by atoms with van der Waals surface area (Å²) in [5.41, 5.74) is 0.576. The summed E-state index contributed by atoms with van der Waals surface area (Å²) in [4.78, 5) is 19.8. The average molecular weight is 542 g/mol. The van der Waals surface area contributed by atoms with Crippen molar-refractivity contribution in [3.63, 3.8) is 0 Å². The molecule has 37 heavy (non-hydrogen) atoms. The van der Waals surface area contributed by atoms with Gasteiger partial charge in [-0.05, 0) is 55.7 Å². The van der Waals surface area contributed by atoms with Gasteiger partial charge in [-0.3, -0.25) is 0 Å². The Balaban J connectivity index is 0.938. The SMILES string of the molecule is CS(=O)(=O)c1ccc(CC2CC3(C2)CN(C(=O)N2CC4(CC(n5cnc(C(F)(F)F)n5)C4)C2)C3)c(F)c1. The number of sulfone groups is 1. The van der Waals surface area contributed by atoms with Crippen molar-refractivity contribution in [1.82, 2.24) is 24.6 Å². The van der Waals surface area contributed by atoms with Crippen LogP contribution in [0.3, 0.4) is 0 Å². The van der Waals surface area contributed by atoms with Gasteiger partial charge in [0.05, 0.1) is 10.9 Å². The van der Waals surface area contributed by atoms with Crippen molar-refractivity contribution in [2.24, 2.45) is 16.7 Å². The van der Waals surface area contributed by atoms with E-state index >= 15 is 0 Å². The topological polar surface area (TPSA) is 88.4 Å². The average Bonchev–Trinajstić information content (AvgIpc) is 3.17. The Morgan fingerprint density at radius 2 is 1.65 bits per heavy atom. The van der Waals surface area contributed by atoms with E-state index in [0.717, 1.165) is 31.5 Å². The lowest BCUT2D eigenvalue weighted by atomic mass is 9.56. The van der Waals surface area contributed by atoms with E-state index < -0.39 is 27.7 Å². The molecule has 3 heterocycles. The Morgan fingerprint density at radius 3 is 2.16 bits per heavy atom. The van der Waals surface area contributed by atoms with Crippen LogP contribution in [0.15, 0.2) is 29.4 Å². The van der Waals surface area contributed by atoms with Gasteiger partial charge in [-0.1, -0.05) is 6.07 Å². The molecular formula is C24H27F4N5O3S. The van der Waals surface area contributed by atoms with Crippen molar-refractivity contribution < 1.29 is 30.8 Å². The molecule has 2 aromatic rings. The molecule has 1 aromatic heterocycles. The second kappa shape index (κ2) is 7.90. The van der Waals surface area contributed by atoms with E-state index in [2.05, 4.69) is 10.1 Å². The lowest BCUT2D eigenvalue weighted by Gasteiger charge is -2.63. The highest BCUT2D eigenvalue weighted by molar-refractivity contribution is 7.90. The van der Waals surface area contributed by atoms with E-state index in [4.69, 9.17) is 0 Å². The standard InChI is InChI=1S/C24H27F4N5O3S/c1-37(35,36)18-3-2-16(19(25)5-18)4-15-6-22(7-15)10-31(11-22)21(34)32-12-23(13-32)8-17(9-23)33-14-29-20(30-33)24(26,27)28/h2-3,5,14-15,17H,4,6-13H2,1H3. The van der Waals surface area contributed by atoms with E-state index in [1.54, 1.807) is 11.0 Å². The fraction of sp³-hybridized carbons (Fsp3) is 0.625. The van der Waals surface area contributed by atoms with Crippen molar-refractivity contribution in [1.29, 1.82) is 0 Å². The molecule has 8 nitrogen and oxygen atoms in total. The molecule has 2 saturated carbocycles. The molecule has 2 amide bonds. The number of carbonyl (C=O) groups excluding carboxylic acids is 1. The molecular weight excluding hydrogens is 514 g/mol. The van der Waals surface area contributed by atoms with E-state index in [0.29, 0.717) is 56.9 Å². The number of hydrogen-bond acceptors (Lipinski definition) is 5. The van der Waals surface area contributed by atoms with E-state index in [1.807, 2.05) is 4.90 Å². The Morgan fingerprint density at radius 1 is 1.05 bits per heavy atom. The minimum atomic E-state index is -4.55. The molecule has 2 saturated heterocycles. The van der Waals surface area contributed by atoms with Gasteiger partial charge < -0.3 is 9.80 Å². The highest BCUT2D eigenvalue weighted by Gasteiger charge is 2.58. The Labute approximate surface area is 211 Å². The monoisotopic (exact) mass is 541 g/mol. The zero-order chi connectivity index (χ0) is 26.4. The minimum Gasteiger partial charge on any atom is -0.323 e. The second-order valence-corrected chi connectivity index (χ2v) is 13.6. The molecule has 0 bridgehead atoms. The molecule has 4 aliphatic rings. The van der Waals surface area contributed by atoms with E-state index in [9.17, 15) is 30.8 Å². The quantitative estimate of drug-likeness (QED) is 0.553. The van der Waals surface area contributed by atoms with Crippen molar-refractivity contribution in [2.75, 3.05) is 32.4 Å². The van der Waals surface area contributed by atoms with Crippen LogP contribution >= 0.6 is 0 Å². The number of rotatable bonds is 4. The van der Waals surface area contributed by atoms with Gasteiger partial charge in [0.1, 0.15) is 12.1 Å². The summed E-state index contributed by atoms with van der Waals surface area (Å²) >= 11 is 0. The molecule has 13 heteroatoms. The highest BCUT2D eigenvalue weighted by atomic mass is 32.2. The lowest BCUT2D eigenvalue weighted by Crippen LogP contribution is -2.71. The first-order chi connectivity index (χ1) is 17.2. The van der Waals surface area contributed by atoms with Crippen LogP contribution < -0.4 is 0 Å². The van der Waals surface area contributed by atoms with Crippen LogP contribution in [-0.2, 0) is 22.4 Å². The minimum absolute atomic E-state index is 0.00525. The summed E-state index contributed by atoms with van der Waals surface area (Å²) in [6.07, 6.45) is 1.38. The molecule has 0 radical (unpaired) electrons. The molecule has 2 aliphatic heterocycles. The lowest BCUT2D eigenvalue weighted by molar-refractivity contribution is -0.145. The number of aromatic nitrogens is 3. The number of nitrogens with zero attached hydrogens (tertiary/aromatic N) is 5. The van der Waals surface area contributed by atoms with Gasteiger partial charge in [0.25, 0.3) is 5.82 Å². The van der Waals surface area contributed by atoms with Crippen LogP contribution in [0.25, 0.3) is 0 Å². The molecule has 0 unspecified atom stereocenters. The molecule has 4 fully saturated rings. The highest BCUT2D eigenvalue weighted by Crippen LogP contribution is 2.56. The maximum absolute atomic E-state index is 14.4. The maximum atomic E-state index is 14.4. The van der Waals surface area contributed by atoms with Gasteiger partial charge in [-0.15, -0.1) is 5.10 Å². The summed E-state index contributed by atoms with van der Waals surface area (Å²) in [5.74, 6) is -1.31. The zero-order valence-corrected chi connectivity index (χ0v) is 21.0. The smallest absolute Gasteiger partial charge is 0.323 e. The van der Waals surface area contributed by atoms with Crippen LogP contribution in [0.1, 0.15) is 43.1 Å². The number of amides is 2. The molecule has 1 aromatic carbocycles. The van der Waals surface area contributed by atoms with Crippen molar-refractivity contribution >= 4 is 15.9 Å². The molecule has 0 atom stereocenters. The third-order valence-corrected chi connectivity index (χ3v) is 9.63. The summed E-state index contributed by atoms with van der Waals surface area (Å²) in [5, 5.41) is 3.56. The van der Waals surface area contributed by atoms with Gasteiger partial charge in [0.15, 0.2) is 9.84 Å². The predicted octanol–water partition coefficient (Wildman–Crippen LogP) is 3.55. The summed E-state index contributed by atoms with van der Waals surface area (Å²) < 4.78 is 77.0. The summed E-state index contributed by atoms with van der Waals surface area (Å²) in [6.45, 7) is 2.59. The first-order valence-electron chi connectivity index (χ1n) is 12.3. The molecule has 0 N–H and O–H groups in total. The zero-order valence-electron chi connectivity index (χ0n) is 20.2. The number of halogens is 4. The van der Waals surface area contributed by atoms with Crippen LogP contribution in [0.4, 0.5) is 22.4 Å². The van der Waals surface area contributed by atoms with Crippen molar-refractivity contribution in [2.45, 2.75) is 49.2 Å². The van der Waals surface area contributed by atoms with Gasteiger partial charge in [-0.2, -0.15) is 13.2 Å². The van der Waals surface area contributed by atoms with Gasteiger partial charge in [0.2, 0.25) is 0 Å². The Kier molecular flexibility index (Phi) is 5.26. The Bertz CT molecular complexity index is 1350. The van der Waals surface area contributed by atoms with Crippen LogP contribution in [-0.4, -0.2) is 71.4 Å². The Hall–Kier alpha value is -2.70. The van der Waals surface area contributed by atoms with Crippen LogP contribution in [0, 0.1) is 22.6 Å². The maximum Gasteiger partial charge on any atom is 0.453 e. The molecule has 200 valence electrons. The molecule has 2 aliphatic carbocycles. The third-order valence-electron chi connectivity index (χ3n) is 8.52. The normalized spacial score (nSPS) is 22.9. The fourth-order valence-electron chi connectivity index (χ4n) is 6.77. The number of carbonyl (C=O) groups is 1. The number of hydrogen-bond donors (Lipinski definition) is 0. The van der Waals surface area contributed by atoms with E-state index in [1.165, 1.54) is 10.7 Å². The van der Waals surface area contributed by atoms with Crippen molar-refractivity contribution in [3.05, 3.63) is 41.7 Å². The fourth-order valence-corrected chi connectivity index (χ4v) is 7.40. The van der Waals surface area contributed by atoms with Crippen molar-refractivity contribution in [3.8, 4) is 0 Å². The number of benzene rings is 1. The number of urea groups is 1. The third kappa shape index (κ3) is 4.28. The summed E-state index contributed by atoms with van der Waals surface area (Å²) in [7, 11) is -3.44. The van der Waals surface area contributed by atoms with E-state index in [-0.39, 0.29) is 27.8 Å². The second-order valence-electron chi connectivity index (χ2n) is 11.6. The number of likely N-dealkylation sites (tertiary alicyclic amines) is 2. The van der Waals surface area contributed by atoms with Gasteiger partial charge >= 0.3 is 12.2 Å². The van der Waals surface area contributed by atoms with Gasteiger partial charge in [0, 0.05) is 43.3 Å². The number of alkyl halides is 3. The van der Waals surface area contributed by atoms with Crippen LogP contribution in [0.5, 0.6) is 0 Å². The first-order valence-corrected chi connectivity index (χ1v) is 14.1. The molecule has 6 rings (SSSR count).